The summed E-state index contributed by atoms with van der Waals surface area (Å²) < 4.78 is 6.51. The summed E-state index contributed by atoms with van der Waals surface area (Å²) in [6.07, 6.45) is 3.97. The Balaban J connectivity index is 2.46. The highest BCUT2D eigenvalue weighted by Crippen LogP contribution is 2.05. The van der Waals surface area contributed by atoms with E-state index in [9.17, 15) is 0 Å². The fourth-order valence-electron chi connectivity index (χ4n) is 1.02. The van der Waals surface area contributed by atoms with Crippen molar-refractivity contribution in [3.63, 3.8) is 0 Å². The third-order valence-corrected chi connectivity index (χ3v) is 1.61. The van der Waals surface area contributed by atoms with Gasteiger partial charge in [-0.1, -0.05) is 12.1 Å². The molecule has 62 valence electrons. The molecule has 0 unspecified atom stereocenters. The molecule has 0 amide bonds. The highest BCUT2D eigenvalue weighted by atomic mass is 16.5. The van der Waals surface area contributed by atoms with Gasteiger partial charge in [-0.15, -0.1) is 10.2 Å². The number of rotatable bonds is 2. The lowest BCUT2D eigenvalue weighted by atomic mass is 10.4. The molecule has 2 rings (SSSR count). The van der Waals surface area contributed by atoms with Crippen LogP contribution in [0.4, 0.5) is 0 Å². The van der Waals surface area contributed by atoms with Crippen LogP contribution in [0.3, 0.4) is 0 Å². The molecule has 0 spiro atoms. The Labute approximate surface area is 69.0 Å². The molecule has 2 aromatic heterocycles. The van der Waals surface area contributed by atoms with Crippen LogP contribution in [0.1, 0.15) is 12.7 Å². The van der Waals surface area contributed by atoms with Crippen LogP contribution >= 0.6 is 0 Å². The summed E-state index contributed by atoms with van der Waals surface area (Å²) in [4.78, 5) is 0. The second-order valence-electron chi connectivity index (χ2n) is 2.33. The van der Waals surface area contributed by atoms with E-state index in [0.29, 0.717) is 0 Å². The molecule has 0 saturated carbocycles. The monoisotopic (exact) mass is 164 g/mol. The highest BCUT2D eigenvalue weighted by molar-refractivity contribution is 5.19. The van der Waals surface area contributed by atoms with Gasteiger partial charge in [0, 0.05) is 12.5 Å². The van der Waals surface area contributed by atoms with Crippen LogP contribution in [-0.2, 0) is 6.42 Å². The number of hydrogen-bond donors (Lipinski definition) is 0. The van der Waals surface area contributed by atoms with Gasteiger partial charge in [-0.05, 0) is 0 Å². The highest BCUT2D eigenvalue weighted by Gasteiger charge is 2.05. The Hall–Kier alpha value is -1.65. The molecular weight excluding hydrogens is 156 g/mol. The summed E-state index contributed by atoms with van der Waals surface area (Å²) >= 11 is 0. The first-order valence-corrected chi connectivity index (χ1v) is 3.71. The van der Waals surface area contributed by atoms with Gasteiger partial charge in [0.25, 0.3) is 0 Å². The summed E-state index contributed by atoms with van der Waals surface area (Å²) in [6.45, 7) is 2.01. The minimum Gasteiger partial charge on any atom is -0.363 e. The SMILES string of the molecule is CCc1nncn1-c1ccon1. The number of nitrogens with zero attached hydrogens (tertiary/aromatic N) is 4. The molecule has 2 aromatic rings. The van der Waals surface area contributed by atoms with Crippen molar-refractivity contribution in [3.05, 3.63) is 24.5 Å². The Kier molecular flexibility index (Phi) is 1.62. The molecule has 0 N–H and O–H groups in total. The van der Waals surface area contributed by atoms with E-state index < -0.39 is 0 Å². The van der Waals surface area contributed by atoms with Crippen molar-refractivity contribution in [1.82, 2.24) is 19.9 Å². The number of aryl methyl sites for hydroxylation is 1. The van der Waals surface area contributed by atoms with Crippen LogP contribution in [0.25, 0.3) is 5.82 Å². The normalized spacial score (nSPS) is 10.4. The number of hydrogen-bond acceptors (Lipinski definition) is 4. The van der Waals surface area contributed by atoms with Crippen LogP contribution in [0.15, 0.2) is 23.2 Å². The molecule has 0 radical (unpaired) electrons. The van der Waals surface area contributed by atoms with E-state index in [0.717, 1.165) is 18.1 Å². The van der Waals surface area contributed by atoms with Crippen LogP contribution < -0.4 is 0 Å². The van der Waals surface area contributed by atoms with Crippen molar-refractivity contribution in [3.8, 4) is 5.82 Å². The van der Waals surface area contributed by atoms with Crippen molar-refractivity contribution in [2.45, 2.75) is 13.3 Å². The smallest absolute Gasteiger partial charge is 0.182 e. The Morgan fingerprint density at radius 1 is 1.58 bits per heavy atom. The van der Waals surface area contributed by atoms with E-state index in [2.05, 4.69) is 15.4 Å². The predicted molar refractivity (Wildman–Crippen MR) is 40.8 cm³/mol. The molecule has 0 aliphatic heterocycles. The molecule has 0 fully saturated rings. The van der Waals surface area contributed by atoms with Gasteiger partial charge in [-0.2, -0.15) is 0 Å². The maximum Gasteiger partial charge on any atom is 0.182 e. The molecule has 0 saturated heterocycles. The van der Waals surface area contributed by atoms with Crippen LogP contribution in [-0.4, -0.2) is 19.9 Å². The van der Waals surface area contributed by atoms with Crippen molar-refractivity contribution in [2.24, 2.45) is 0 Å². The summed E-state index contributed by atoms with van der Waals surface area (Å²) in [5.41, 5.74) is 0. The molecule has 0 aliphatic carbocycles. The molecule has 0 atom stereocenters. The van der Waals surface area contributed by atoms with Crippen molar-refractivity contribution < 1.29 is 4.52 Å². The third-order valence-electron chi connectivity index (χ3n) is 1.61. The first-order valence-electron chi connectivity index (χ1n) is 3.71. The van der Waals surface area contributed by atoms with E-state index >= 15 is 0 Å². The maximum absolute atomic E-state index is 4.71. The fourth-order valence-corrected chi connectivity index (χ4v) is 1.02. The first kappa shape index (κ1) is 7.02. The fraction of sp³-hybridized carbons (Fsp3) is 0.286. The van der Waals surface area contributed by atoms with Gasteiger partial charge in [0.1, 0.15) is 18.4 Å². The second kappa shape index (κ2) is 2.77. The molecule has 0 aromatic carbocycles. The maximum atomic E-state index is 4.71. The second-order valence-corrected chi connectivity index (χ2v) is 2.33. The van der Waals surface area contributed by atoms with Crippen molar-refractivity contribution in [2.75, 3.05) is 0 Å². The summed E-state index contributed by atoms with van der Waals surface area (Å²) in [5, 5.41) is 11.5. The lowest BCUT2D eigenvalue weighted by Crippen LogP contribution is -1.98. The quantitative estimate of drug-likeness (QED) is 0.659. The van der Waals surface area contributed by atoms with Crippen LogP contribution in [0, 0.1) is 0 Å². The summed E-state index contributed by atoms with van der Waals surface area (Å²) in [6, 6.07) is 1.77. The van der Waals surface area contributed by atoms with Gasteiger partial charge >= 0.3 is 0 Å². The van der Waals surface area contributed by atoms with Gasteiger partial charge < -0.3 is 4.52 Å². The van der Waals surface area contributed by atoms with Crippen molar-refractivity contribution in [1.29, 1.82) is 0 Å². The topological polar surface area (TPSA) is 56.7 Å². The first-order chi connectivity index (χ1) is 5.92. The van der Waals surface area contributed by atoms with Crippen molar-refractivity contribution >= 4 is 0 Å². The zero-order chi connectivity index (χ0) is 8.39. The lowest BCUT2D eigenvalue weighted by Gasteiger charge is -1.96. The van der Waals surface area contributed by atoms with Gasteiger partial charge in [-0.25, -0.2) is 0 Å². The minimum atomic E-state index is 0.719. The summed E-state index contributed by atoms with van der Waals surface area (Å²) in [5.74, 6) is 1.60. The van der Waals surface area contributed by atoms with Gasteiger partial charge in [0.15, 0.2) is 5.82 Å². The average Bonchev–Trinajstić information content (AvgIpc) is 2.74. The van der Waals surface area contributed by atoms with Gasteiger partial charge in [0.2, 0.25) is 0 Å². The van der Waals surface area contributed by atoms with E-state index in [1.807, 2.05) is 6.92 Å². The number of aromatic nitrogens is 4. The zero-order valence-electron chi connectivity index (χ0n) is 6.64. The van der Waals surface area contributed by atoms with E-state index in [1.165, 1.54) is 6.26 Å². The molecule has 0 bridgehead atoms. The molecule has 5 nitrogen and oxygen atoms in total. The summed E-state index contributed by atoms with van der Waals surface area (Å²) in [7, 11) is 0. The minimum absolute atomic E-state index is 0.719. The molecule has 2 heterocycles. The molecule has 12 heavy (non-hydrogen) atoms. The Bertz CT molecular complexity index is 351. The molecule has 0 aliphatic rings. The van der Waals surface area contributed by atoms with E-state index in [4.69, 9.17) is 4.52 Å². The predicted octanol–water partition coefficient (Wildman–Crippen LogP) is 0.818. The Morgan fingerprint density at radius 2 is 2.50 bits per heavy atom. The lowest BCUT2D eigenvalue weighted by molar-refractivity contribution is 0.416. The standard InChI is InChI=1S/C7H8N4O/c1-2-6-9-8-5-11(6)7-3-4-12-10-7/h3-5H,2H2,1H3. The molecular formula is C7H8N4O. The Morgan fingerprint density at radius 3 is 3.17 bits per heavy atom. The van der Waals surface area contributed by atoms with E-state index in [1.54, 1.807) is 17.0 Å². The molecule has 5 heteroatoms. The average molecular weight is 164 g/mol. The van der Waals surface area contributed by atoms with E-state index in [-0.39, 0.29) is 0 Å². The van der Waals surface area contributed by atoms with Crippen LogP contribution in [0.2, 0.25) is 0 Å². The largest absolute Gasteiger partial charge is 0.363 e. The van der Waals surface area contributed by atoms with Crippen LogP contribution in [0.5, 0.6) is 0 Å². The third kappa shape index (κ3) is 0.990. The van der Waals surface area contributed by atoms with Gasteiger partial charge in [-0.3, -0.25) is 4.57 Å². The van der Waals surface area contributed by atoms with Gasteiger partial charge in [0.05, 0.1) is 0 Å². The zero-order valence-corrected chi connectivity index (χ0v) is 6.64.